The fourth-order valence-corrected chi connectivity index (χ4v) is 4.50. The molecule has 1 aliphatic heterocycles. The number of aromatic nitrogens is 2. The molecular weight excluding hydrogens is 374 g/mol. The Bertz CT molecular complexity index is 904. The van der Waals surface area contributed by atoms with Crippen LogP contribution in [0.15, 0.2) is 16.7 Å². The predicted molar refractivity (Wildman–Crippen MR) is 101 cm³/mol. The molecule has 0 saturated carbocycles. The summed E-state index contributed by atoms with van der Waals surface area (Å²) in [5, 5.41) is 7.35. The van der Waals surface area contributed by atoms with Gasteiger partial charge in [-0.3, -0.25) is 4.79 Å². The Balaban J connectivity index is 1.38. The predicted octanol–water partition coefficient (Wildman–Crippen LogP) is 3.54. The van der Waals surface area contributed by atoms with E-state index in [4.69, 9.17) is 14.0 Å². The van der Waals surface area contributed by atoms with Crippen molar-refractivity contribution < 1.29 is 18.8 Å². The molecule has 9 heteroatoms. The molecule has 26 heavy (non-hydrogen) atoms. The number of carbonyl (C=O) groups is 1. The number of fused-ring (bicyclic) bond motifs is 2. The summed E-state index contributed by atoms with van der Waals surface area (Å²) in [5.74, 6) is 3.16. The first-order valence-electron chi connectivity index (χ1n) is 8.09. The molecule has 2 aromatic heterocycles. The van der Waals surface area contributed by atoms with Gasteiger partial charge in [0.2, 0.25) is 5.91 Å². The van der Waals surface area contributed by atoms with Gasteiger partial charge < -0.3 is 19.3 Å². The number of thiazole rings is 1. The fraction of sp³-hybridized carbons (Fsp3) is 0.353. The molecule has 1 amide bonds. The third-order valence-corrected chi connectivity index (χ3v) is 5.85. The van der Waals surface area contributed by atoms with Gasteiger partial charge in [-0.2, -0.15) is 0 Å². The van der Waals surface area contributed by atoms with Crippen molar-refractivity contribution >= 4 is 44.4 Å². The Morgan fingerprint density at radius 2 is 2.04 bits per heavy atom. The average molecular weight is 391 g/mol. The lowest BCUT2D eigenvalue weighted by Crippen LogP contribution is -2.15. The number of nitrogens with zero attached hydrogens (tertiary/aromatic N) is 2. The number of amides is 1. The standard InChI is InChI=1S/C17H17N3O4S2/c1-9-11(10(2)24-20-9)7-25-8-16(21)19-17-18-12-5-13-14(6-15(12)26-17)23-4-3-22-13/h5-6H,3-4,7-8H2,1-2H3,(H,18,19,21). The van der Waals surface area contributed by atoms with Crippen molar-refractivity contribution in [3.63, 3.8) is 0 Å². The van der Waals surface area contributed by atoms with Crippen LogP contribution in [-0.4, -0.2) is 35.0 Å². The maximum Gasteiger partial charge on any atom is 0.236 e. The third-order valence-electron chi connectivity index (χ3n) is 3.96. The van der Waals surface area contributed by atoms with Gasteiger partial charge in [0.25, 0.3) is 0 Å². The lowest BCUT2D eigenvalue weighted by molar-refractivity contribution is -0.113. The molecule has 7 nitrogen and oxygen atoms in total. The van der Waals surface area contributed by atoms with Gasteiger partial charge in [-0.15, -0.1) is 11.8 Å². The van der Waals surface area contributed by atoms with Gasteiger partial charge in [0, 0.05) is 23.4 Å². The number of nitrogens with one attached hydrogen (secondary N) is 1. The van der Waals surface area contributed by atoms with Crippen LogP contribution in [0, 0.1) is 13.8 Å². The first kappa shape index (κ1) is 17.2. The van der Waals surface area contributed by atoms with Gasteiger partial charge in [0.1, 0.15) is 19.0 Å². The molecule has 3 aromatic rings. The molecule has 3 heterocycles. The lowest BCUT2D eigenvalue weighted by atomic mass is 10.2. The first-order chi connectivity index (χ1) is 12.6. The van der Waals surface area contributed by atoms with Crippen LogP contribution < -0.4 is 14.8 Å². The number of hydrogen-bond donors (Lipinski definition) is 1. The Labute approximate surface area is 158 Å². The zero-order chi connectivity index (χ0) is 18.1. The van der Waals surface area contributed by atoms with Crippen LogP contribution in [0.3, 0.4) is 0 Å². The molecule has 1 aliphatic rings. The molecule has 0 bridgehead atoms. The molecule has 1 N–H and O–H groups in total. The Morgan fingerprint density at radius 3 is 2.77 bits per heavy atom. The summed E-state index contributed by atoms with van der Waals surface area (Å²) in [4.78, 5) is 16.7. The van der Waals surface area contributed by atoms with Gasteiger partial charge in [0.05, 0.1) is 21.7 Å². The molecular formula is C17H17N3O4S2. The van der Waals surface area contributed by atoms with Crippen LogP contribution in [0.1, 0.15) is 17.0 Å². The number of anilines is 1. The average Bonchev–Trinajstić information content (AvgIpc) is 3.15. The summed E-state index contributed by atoms with van der Waals surface area (Å²) < 4.78 is 17.2. The minimum absolute atomic E-state index is 0.0851. The van der Waals surface area contributed by atoms with Crippen LogP contribution in [0.5, 0.6) is 11.5 Å². The fourth-order valence-electron chi connectivity index (χ4n) is 2.63. The summed E-state index contributed by atoms with van der Waals surface area (Å²) in [6, 6.07) is 3.76. The van der Waals surface area contributed by atoms with E-state index in [0.717, 1.165) is 33.0 Å². The monoisotopic (exact) mass is 391 g/mol. The van der Waals surface area contributed by atoms with E-state index < -0.39 is 0 Å². The minimum atomic E-state index is -0.0851. The summed E-state index contributed by atoms with van der Waals surface area (Å²) in [6.07, 6.45) is 0. The van der Waals surface area contributed by atoms with Crippen molar-refractivity contribution in [3.8, 4) is 11.5 Å². The molecule has 0 unspecified atom stereocenters. The van der Waals surface area contributed by atoms with E-state index in [-0.39, 0.29) is 5.91 Å². The van der Waals surface area contributed by atoms with Crippen molar-refractivity contribution in [3.05, 3.63) is 29.2 Å². The van der Waals surface area contributed by atoms with Crippen molar-refractivity contribution in [2.24, 2.45) is 0 Å². The second-order valence-corrected chi connectivity index (χ2v) is 7.84. The molecule has 0 radical (unpaired) electrons. The van der Waals surface area contributed by atoms with Crippen molar-refractivity contribution in [2.75, 3.05) is 24.3 Å². The topological polar surface area (TPSA) is 86.5 Å². The molecule has 136 valence electrons. The van der Waals surface area contributed by atoms with Crippen LogP contribution >= 0.6 is 23.1 Å². The van der Waals surface area contributed by atoms with Crippen LogP contribution in [-0.2, 0) is 10.5 Å². The number of thioether (sulfide) groups is 1. The molecule has 0 spiro atoms. The van der Waals surface area contributed by atoms with E-state index in [1.54, 1.807) is 0 Å². The van der Waals surface area contributed by atoms with Crippen molar-refractivity contribution in [1.82, 2.24) is 10.1 Å². The maximum absolute atomic E-state index is 12.2. The smallest absolute Gasteiger partial charge is 0.236 e. The maximum atomic E-state index is 12.2. The van der Waals surface area contributed by atoms with Gasteiger partial charge in [0.15, 0.2) is 16.6 Å². The van der Waals surface area contributed by atoms with E-state index in [1.165, 1.54) is 23.1 Å². The zero-order valence-electron chi connectivity index (χ0n) is 14.3. The molecule has 0 aliphatic carbocycles. The number of aryl methyl sites for hydroxylation is 2. The van der Waals surface area contributed by atoms with Gasteiger partial charge >= 0.3 is 0 Å². The molecule has 0 atom stereocenters. The highest BCUT2D eigenvalue weighted by molar-refractivity contribution is 7.99. The molecule has 0 saturated heterocycles. The lowest BCUT2D eigenvalue weighted by Gasteiger charge is -2.17. The summed E-state index contributed by atoms with van der Waals surface area (Å²) in [5.41, 5.74) is 2.71. The second-order valence-electron chi connectivity index (χ2n) is 5.83. The molecule has 0 fully saturated rings. The Morgan fingerprint density at radius 1 is 1.27 bits per heavy atom. The first-order valence-corrected chi connectivity index (χ1v) is 10.1. The van der Waals surface area contributed by atoms with Crippen LogP contribution in [0.4, 0.5) is 5.13 Å². The minimum Gasteiger partial charge on any atom is -0.486 e. The van der Waals surface area contributed by atoms with E-state index in [0.29, 0.717) is 35.6 Å². The SMILES string of the molecule is Cc1noc(C)c1CSCC(=O)Nc1nc2cc3c(cc2s1)OCCO3. The number of hydrogen-bond acceptors (Lipinski definition) is 8. The zero-order valence-corrected chi connectivity index (χ0v) is 16.0. The number of ether oxygens (including phenoxy) is 2. The van der Waals surface area contributed by atoms with E-state index >= 15 is 0 Å². The van der Waals surface area contributed by atoms with Gasteiger partial charge in [-0.05, 0) is 13.8 Å². The van der Waals surface area contributed by atoms with Gasteiger partial charge in [-0.25, -0.2) is 4.98 Å². The van der Waals surface area contributed by atoms with E-state index in [9.17, 15) is 4.79 Å². The highest BCUT2D eigenvalue weighted by atomic mass is 32.2. The number of rotatable bonds is 5. The summed E-state index contributed by atoms with van der Waals surface area (Å²) in [6.45, 7) is 4.86. The Kier molecular flexibility index (Phi) is 4.73. The van der Waals surface area contributed by atoms with Crippen molar-refractivity contribution in [1.29, 1.82) is 0 Å². The van der Waals surface area contributed by atoms with E-state index in [2.05, 4.69) is 15.5 Å². The highest BCUT2D eigenvalue weighted by Crippen LogP contribution is 2.37. The summed E-state index contributed by atoms with van der Waals surface area (Å²) >= 11 is 2.94. The molecule has 4 rings (SSSR count). The van der Waals surface area contributed by atoms with Crippen LogP contribution in [0.25, 0.3) is 10.2 Å². The van der Waals surface area contributed by atoms with E-state index in [1.807, 2.05) is 26.0 Å². The third kappa shape index (κ3) is 3.49. The molecule has 1 aromatic carbocycles. The normalized spacial score (nSPS) is 13.2. The largest absolute Gasteiger partial charge is 0.486 e. The van der Waals surface area contributed by atoms with Gasteiger partial charge in [-0.1, -0.05) is 16.5 Å². The number of benzene rings is 1. The second kappa shape index (κ2) is 7.16. The Hall–Kier alpha value is -2.26. The quantitative estimate of drug-likeness (QED) is 0.712. The van der Waals surface area contributed by atoms with Crippen LogP contribution in [0.2, 0.25) is 0 Å². The summed E-state index contributed by atoms with van der Waals surface area (Å²) in [7, 11) is 0. The van der Waals surface area contributed by atoms with Crippen molar-refractivity contribution in [2.45, 2.75) is 19.6 Å². The highest BCUT2D eigenvalue weighted by Gasteiger charge is 2.16. The number of carbonyl (C=O) groups excluding carboxylic acids is 1.